The fourth-order valence-electron chi connectivity index (χ4n) is 2.11. The summed E-state index contributed by atoms with van der Waals surface area (Å²) in [6, 6.07) is 4.52. The number of nitrogens with zero attached hydrogens (tertiary/aromatic N) is 2. The van der Waals surface area contributed by atoms with Gasteiger partial charge in [-0.05, 0) is 25.0 Å². The summed E-state index contributed by atoms with van der Waals surface area (Å²) in [6.07, 6.45) is -4.59. The van der Waals surface area contributed by atoms with E-state index in [1.165, 1.54) is 6.07 Å². The highest BCUT2D eigenvalue weighted by atomic mass is 35.5. The fourth-order valence-corrected chi connectivity index (χ4v) is 2.31. The molecule has 2 nitrogen and oxygen atoms in total. The van der Waals surface area contributed by atoms with Gasteiger partial charge in [-0.15, -0.1) is 11.6 Å². The average Bonchev–Trinajstić information content (AvgIpc) is 2.73. The summed E-state index contributed by atoms with van der Waals surface area (Å²) in [5, 5.41) is 0. The highest BCUT2D eigenvalue weighted by molar-refractivity contribution is 6.16. The molecule has 0 radical (unpaired) electrons. The van der Waals surface area contributed by atoms with Gasteiger partial charge >= 0.3 is 6.18 Å². The number of hydrogen-bond acceptors (Lipinski definition) is 1. The topological polar surface area (TPSA) is 17.8 Å². The van der Waals surface area contributed by atoms with Crippen molar-refractivity contribution in [2.75, 3.05) is 0 Å². The molecular weight excluding hydrogens is 296 g/mol. The summed E-state index contributed by atoms with van der Waals surface area (Å²) in [7, 11) is 0. The van der Waals surface area contributed by atoms with E-state index in [9.17, 15) is 17.6 Å². The van der Waals surface area contributed by atoms with Crippen molar-refractivity contribution >= 4 is 22.6 Å². The van der Waals surface area contributed by atoms with E-state index in [-0.39, 0.29) is 17.8 Å². The van der Waals surface area contributed by atoms with E-state index in [2.05, 4.69) is 4.98 Å². The number of para-hydroxylation sites is 1. The molecule has 0 bridgehead atoms. The van der Waals surface area contributed by atoms with Gasteiger partial charge in [-0.25, -0.2) is 9.37 Å². The third-order valence-corrected chi connectivity index (χ3v) is 3.26. The third kappa shape index (κ3) is 3.42. The normalized spacial score (nSPS) is 12.2. The molecule has 110 valence electrons. The van der Waals surface area contributed by atoms with Crippen molar-refractivity contribution in [1.82, 2.24) is 9.55 Å². The van der Waals surface area contributed by atoms with Crippen molar-refractivity contribution in [2.24, 2.45) is 0 Å². The second kappa shape index (κ2) is 5.99. The first kappa shape index (κ1) is 15.1. The number of aromatic nitrogens is 2. The van der Waals surface area contributed by atoms with Crippen LogP contribution in [0, 0.1) is 5.82 Å². The Morgan fingerprint density at radius 3 is 2.60 bits per heavy atom. The van der Waals surface area contributed by atoms with Crippen LogP contribution in [0.25, 0.3) is 11.0 Å². The van der Waals surface area contributed by atoms with Gasteiger partial charge in [0.1, 0.15) is 11.3 Å². The summed E-state index contributed by atoms with van der Waals surface area (Å²) >= 11 is 5.76. The molecule has 0 N–H and O–H groups in total. The van der Waals surface area contributed by atoms with Gasteiger partial charge in [0.25, 0.3) is 0 Å². The summed E-state index contributed by atoms with van der Waals surface area (Å²) in [5.41, 5.74) is 0.770. The molecule has 0 aliphatic heterocycles. The molecule has 0 saturated carbocycles. The van der Waals surface area contributed by atoms with Crippen LogP contribution in [0.2, 0.25) is 0 Å². The number of unbranched alkanes of at least 4 members (excludes halogenated alkanes) is 1. The van der Waals surface area contributed by atoms with Crippen LogP contribution >= 0.6 is 11.6 Å². The Labute approximate surface area is 118 Å². The lowest BCUT2D eigenvalue weighted by molar-refractivity contribution is -0.135. The lowest BCUT2D eigenvalue weighted by Crippen LogP contribution is -2.08. The maximum absolute atomic E-state index is 13.6. The van der Waals surface area contributed by atoms with Crippen molar-refractivity contribution in [3.05, 3.63) is 29.8 Å². The summed E-state index contributed by atoms with van der Waals surface area (Å²) in [5.74, 6) is 0.106. The number of alkyl halides is 4. The Morgan fingerprint density at radius 1 is 1.20 bits per heavy atom. The lowest BCUT2D eigenvalue weighted by Gasteiger charge is -2.09. The molecule has 1 heterocycles. The smallest absolute Gasteiger partial charge is 0.327 e. The molecule has 1 aromatic carbocycles. The van der Waals surface area contributed by atoms with Gasteiger partial charge in [0, 0.05) is 13.0 Å². The molecule has 0 fully saturated rings. The van der Waals surface area contributed by atoms with Crippen molar-refractivity contribution < 1.29 is 17.6 Å². The highest BCUT2D eigenvalue weighted by Crippen LogP contribution is 2.24. The van der Waals surface area contributed by atoms with Crippen LogP contribution in [0.3, 0.4) is 0 Å². The van der Waals surface area contributed by atoms with Crippen LogP contribution in [-0.2, 0) is 12.4 Å². The Hall–Kier alpha value is -1.30. The van der Waals surface area contributed by atoms with Crippen LogP contribution in [0.5, 0.6) is 0 Å². The van der Waals surface area contributed by atoms with Crippen LogP contribution in [0.1, 0.15) is 25.1 Å². The molecule has 0 aliphatic rings. The van der Waals surface area contributed by atoms with E-state index >= 15 is 0 Å². The van der Waals surface area contributed by atoms with Crippen molar-refractivity contribution in [3.8, 4) is 0 Å². The van der Waals surface area contributed by atoms with E-state index in [1.807, 2.05) is 0 Å². The number of aryl methyl sites for hydroxylation is 1. The molecule has 1 aromatic heterocycles. The van der Waals surface area contributed by atoms with Gasteiger partial charge in [0.05, 0.1) is 11.4 Å². The standard InChI is InChI=1S/C13H13ClF4N2/c14-8-11-19-12-9(15)4-3-5-10(12)20(11)7-2-1-6-13(16,17)18/h3-5H,1-2,6-8H2. The first-order chi connectivity index (χ1) is 9.42. The average molecular weight is 309 g/mol. The maximum Gasteiger partial charge on any atom is 0.389 e. The molecular formula is C13H13ClF4N2. The second-order valence-electron chi connectivity index (χ2n) is 4.49. The van der Waals surface area contributed by atoms with Gasteiger partial charge in [-0.2, -0.15) is 13.2 Å². The monoisotopic (exact) mass is 308 g/mol. The van der Waals surface area contributed by atoms with Crippen LogP contribution < -0.4 is 0 Å². The number of halogens is 5. The second-order valence-corrected chi connectivity index (χ2v) is 4.76. The highest BCUT2D eigenvalue weighted by Gasteiger charge is 2.26. The minimum atomic E-state index is -4.14. The number of fused-ring (bicyclic) bond motifs is 1. The Kier molecular flexibility index (Phi) is 4.52. The van der Waals surface area contributed by atoms with Gasteiger partial charge in [-0.3, -0.25) is 0 Å². The Bertz CT molecular complexity index is 592. The van der Waals surface area contributed by atoms with Gasteiger partial charge in [0.2, 0.25) is 0 Å². The summed E-state index contributed by atoms with van der Waals surface area (Å²) < 4.78 is 51.5. The minimum Gasteiger partial charge on any atom is -0.327 e. The lowest BCUT2D eigenvalue weighted by atomic mass is 10.2. The molecule has 0 spiro atoms. The summed E-state index contributed by atoms with van der Waals surface area (Å²) in [6.45, 7) is 0.345. The molecule has 20 heavy (non-hydrogen) atoms. The van der Waals surface area contributed by atoms with Crippen molar-refractivity contribution in [2.45, 2.75) is 37.9 Å². The van der Waals surface area contributed by atoms with E-state index in [0.717, 1.165) is 0 Å². The Balaban J connectivity index is 2.14. The number of benzene rings is 1. The largest absolute Gasteiger partial charge is 0.389 e. The maximum atomic E-state index is 13.6. The zero-order valence-electron chi connectivity index (χ0n) is 10.6. The molecule has 0 aliphatic carbocycles. The predicted octanol–water partition coefficient (Wildman–Crippen LogP) is 4.65. The fraction of sp³-hybridized carbons (Fsp3) is 0.462. The van der Waals surface area contributed by atoms with Gasteiger partial charge < -0.3 is 4.57 Å². The SMILES string of the molecule is Fc1cccc2c1nc(CCl)n2CCCCC(F)(F)F. The van der Waals surface area contributed by atoms with E-state index < -0.39 is 18.4 Å². The van der Waals surface area contributed by atoms with Crippen molar-refractivity contribution in [3.63, 3.8) is 0 Å². The predicted molar refractivity (Wildman–Crippen MR) is 69.2 cm³/mol. The molecule has 2 aromatic rings. The van der Waals surface area contributed by atoms with Gasteiger partial charge in [-0.1, -0.05) is 6.07 Å². The molecule has 0 saturated heterocycles. The van der Waals surface area contributed by atoms with Crippen LogP contribution in [0.4, 0.5) is 17.6 Å². The van der Waals surface area contributed by atoms with Gasteiger partial charge in [0.15, 0.2) is 5.82 Å². The number of hydrogen-bond donors (Lipinski definition) is 0. The first-order valence-corrected chi connectivity index (χ1v) is 6.72. The minimum absolute atomic E-state index is 0.0280. The third-order valence-electron chi connectivity index (χ3n) is 3.02. The molecule has 0 unspecified atom stereocenters. The summed E-state index contributed by atoms with van der Waals surface area (Å²) in [4.78, 5) is 4.09. The Morgan fingerprint density at radius 2 is 1.95 bits per heavy atom. The molecule has 0 atom stereocenters. The zero-order valence-corrected chi connectivity index (χ0v) is 11.3. The van der Waals surface area contributed by atoms with Crippen LogP contribution in [-0.4, -0.2) is 15.7 Å². The van der Waals surface area contributed by atoms with E-state index in [4.69, 9.17) is 11.6 Å². The molecule has 0 amide bonds. The van der Waals surface area contributed by atoms with Crippen LogP contribution in [0.15, 0.2) is 18.2 Å². The first-order valence-electron chi connectivity index (χ1n) is 6.18. The number of imidazole rings is 1. The molecule has 7 heteroatoms. The van der Waals surface area contributed by atoms with Crippen molar-refractivity contribution in [1.29, 1.82) is 0 Å². The quantitative estimate of drug-likeness (QED) is 0.447. The van der Waals surface area contributed by atoms with E-state index in [0.29, 0.717) is 24.3 Å². The molecule has 2 rings (SSSR count). The number of rotatable bonds is 5. The van der Waals surface area contributed by atoms with E-state index in [1.54, 1.807) is 16.7 Å². The zero-order chi connectivity index (χ0) is 14.8.